The highest BCUT2D eigenvalue weighted by atomic mass is 79.9. The molecule has 0 bridgehead atoms. The number of nitrogens with one attached hydrogen (secondary N) is 1. The number of anilines is 1. The Hall–Kier alpha value is -0.850. The van der Waals surface area contributed by atoms with Gasteiger partial charge in [-0.25, -0.2) is 8.78 Å². The lowest BCUT2D eigenvalue weighted by Gasteiger charge is -2.31. The fraction of sp³-hybridized carbons (Fsp3) is 0.538. The van der Waals surface area contributed by atoms with Gasteiger partial charge in [-0.3, -0.25) is 0 Å². The molecule has 0 spiro atoms. The molecule has 1 aromatic rings. The van der Waals surface area contributed by atoms with E-state index in [1.165, 1.54) is 6.07 Å². The highest BCUT2D eigenvalue weighted by Gasteiger charge is 2.41. The molecule has 0 radical (unpaired) electrons. The summed E-state index contributed by atoms with van der Waals surface area (Å²) in [6, 6.07) is 1.79. The molecule has 1 aromatic carbocycles. The minimum absolute atomic E-state index is 0.0329. The van der Waals surface area contributed by atoms with E-state index < -0.39 is 23.7 Å². The third-order valence-corrected chi connectivity index (χ3v) is 4.17. The summed E-state index contributed by atoms with van der Waals surface area (Å²) in [5.74, 6) is -2.73. The van der Waals surface area contributed by atoms with Gasteiger partial charge in [-0.05, 0) is 47.7 Å². The van der Waals surface area contributed by atoms with Gasteiger partial charge in [0, 0.05) is 12.1 Å². The van der Waals surface area contributed by atoms with Crippen LogP contribution in [0.2, 0.25) is 0 Å². The molecule has 0 amide bonds. The zero-order valence-corrected chi connectivity index (χ0v) is 12.0. The first-order valence-corrected chi connectivity index (χ1v) is 7.04. The summed E-state index contributed by atoms with van der Waals surface area (Å²) in [7, 11) is 0. The van der Waals surface area contributed by atoms with E-state index >= 15 is 0 Å². The van der Waals surface area contributed by atoms with E-state index in [9.17, 15) is 22.0 Å². The second-order valence-electron chi connectivity index (χ2n) is 4.98. The molecule has 1 nitrogen and oxygen atoms in total. The van der Waals surface area contributed by atoms with Gasteiger partial charge in [-0.2, -0.15) is 13.2 Å². The largest absolute Gasteiger partial charge is 0.391 e. The maximum Gasteiger partial charge on any atom is 0.391 e. The van der Waals surface area contributed by atoms with Gasteiger partial charge in [-0.1, -0.05) is 0 Å². The number of alkyl halides is 3. The maximum atomic E-state index is 13.5. The molecule has 0 saturated heterocycles. The Morgan fingerprint density at radius 3 is 2.15 bits per heavy atom. The average molecular weight is 358 g/mol. The summed E-state index contributed by atoms with van der Waals surface area (Å²) in [5, 5.41) is 2.85. The van der Waals surface area contributed by atoms with Crippen LogP contribution in [0.5, 0.6) is 0 Å². The second-order valence-corrected chi connectivity index (χ2v) is 5.83. The van der Waals surface area contributed by atoms with Crippen LogP contribution in [0.3, 0.4) is 0 Å². The summed E-state index contributed by atoms with van der Waals surface area (Å²) in [4.78, 5) is 0. The van der Waals surface area contributed by atoms with E-state index in [-0.39, 0.29) is 29.0 Å². The van der Waals surface area contributed by atoms with Gasteiger partial charge < -0.3 is 5.32 Å². The summed E-state index contributed by atoms with van der Waals surface area (Å²) >= 11 is 2.95. The van der Waals surface area contributed by atoms with Crippen molar-refractivity contribution in [2.75, 3.05) is 5.32 Å². The fourth-order valence-corrected chi connectivity index (χ4v) is 2.76. The first kappa shape index (κ1) is 15.5. The Morgan fingerprint density at radius 1 is 1.00 bits per heavy atom. The van der Waals surface area contributed by atoms with Crippen LogP contribution in [-0.4, -0.2) is 12.2 Å². The Morgan fingerprint density at radius 2 is 1.60 bits per heavy atom. The molecule has 2 rings (SSSR count). The first-order valence-electron chi connectivity index (χ1n) is 6.25. The predicted octanol–water partition coefficient (Wildman–Crippen LogP) is 5.26. The summed E-state index contributed by atoms with van der Waals surface area (Å²) < 4.78 is 64.3. The molecule has 112 valence electrons. The van der Waals surface area contributed by atoms with Gasteiger partial charge in [0.15, 0.2) is 0 Å². The van der Waals surface area contributed by atoms with Crippen molar-refractivity contribution in [3.8, 4) is 0 Å². The molecule has 1 aliphatic carbocycles. The normalized spacial score (nSPS) is 23.7. The molecular weight excluding hydrogens is 345 g/mol. The number of hydrogen-bond acceptors (Lipinski definition) is 1. The second kappa shape index (κ2) is 5.87. The molecule has 0 unspecified atom stereocenters. The first-order chi connectivity index (χ1) is 9.27. The van der Waals surface area contributed by atoms with Gasteiger partial charge in [0.25, 0.3) is 0 Å². The van der Waals surface area contributed by atoms with Crippen molar-refractivity contribution < 1.29 is 22.0 Å². The van der Waals surface area contributed by atoms with E-state index in [2.05, 4.69) is 21.2 Å². The van der Waals surface area contributed by atoms with Gasteiger partial charge in [0.2, 0.25) is 0 Å². The van der Waals surface area contributed by atoms with Crippen LogP contribution in [0.1, 0.15) is 25.7 Å². The van der Waals surface area contributed by atoms with Crippen molar-refractivity contribution >= 4 is 21.6 Å². The lowest BCUT2D eigenvalue weighted by molar-refractivity contribution is -0.182. The molecule has 0 aliphatic heterocycles. The predicted molar refractivity (Wildman–Crippen MR) is 69.5 cm³/mol. The monoisotopic (exact) mass is 357 g/mol. The van der Waals surface area contributed by atoms with E-state index in [0.29, 0.717) is 12.8 Å². The Labute approximate surface area is 121 Å². The number of halogens is 6. The van der Waals surface area contributed by atoms with E-state index in [4.69, 9.17) is 0 Å². The lowest BCUT2D eigenvalue weighted by Crippen LogP contribution is -2.33. The quantitative estimate of drug-likeness (QED) is 0.562. The molecule has 0 heterocycles. The van der Waals surface area contributed by atoms with Crippen LogP contribution in [0.25, 0.3) is 0 Å². The maximum absolute atomic E-state index is 13.5. The molecule has 0 atom stereocenters. The Bertz CT molecular complexity index is 480. The van der Waals surface area contributed by atoms with Gasteiger partial charge in [-0.15, -0.1) is 0 Å². The van der Waals surface area contributed by atoms with Crippen LogP contribution in [-0.2, 0) is 0 Å². The third-order valence-electron chi connectivity index (χ3n) is 3.56. The van der Waals surface area contributed by atoms with E-state index in [1.807, 2.05) is 0 Å². The van der Waals surface area contributed by atoms with Gasteiger partial charge >= 0.3 is 6.18 Å². The van der Waals surface area contributed by atoms with E-state index in [1.54, 1.807) is 0 Å². The highest BCUT2D eigenvalue weighted by Crippen LogP contribution is 2.38. The lowest BCUT2D eigenvalue weighted by atomic mass is 9.85. The smallest absolute Gasteiger partial charge is 0.380 e. The molecule has 1 saturated carbocycles. The molecule has 0 aromatic heterocycles. The minimum atomic E-state index is -4.16. The molecule has 1 N–H and O–H groups in total. The molecular formula is C13H13BrF5N. The average Bonchev–Trinajstić information content (AvgIpc) is 2.35. The van der Waals surface area contributed by atoms with Crippen molar-refractivity contribution in [2.24, 2.45) is 5.92 Å². The van der Waals surface area contributed by atoms with Crippen LogP contribution < -0.4 is 5.32 Å². The van der Waals surface area contributed by atoms with Crippen LogP contribution in [0, 0.1) is 17.6 Å². The topological polar surface area (TPSA) is 12.0 Å². The summed E-state index contributed by atoms with van der Waals surface area (Å²) in [6.45, 7) is 0. The molecule has 1 aliphatic rings. The van der Waals surface area contributed by atoms with Crippen molar-refractivity contribution in [2.45, 2.75) is 37.9 Å². The van der Waals surface area contributed by atoms with Crippen molar-refractivity contribution in [1.29, 1.82) is 0 Å². The van der Waals surface area contributed by atoms with Crippen LogP contribution in [0.4, 0.5) is 27.6 Å². The number of benzene rings is 1. The summed E-state index contributed by atoms with van der Waals surface area (Å²) in [5.41, 5.74) is 0.105. The van der Waals surface area contributed by atoms with Gasteiger partial charge in [0.05, 0.1) is 16.1 Å². The summed E-state index contributed by atoms with van der Waals surface area (Å²) in [6.07, 6.45) is -3.46. The van der Waals surface area contributed by atoms with Crippen LogP contribution >= 0.6 is 15.9 Å². The Kier molecular flexibility index (Phi) is 4.56. The highest BCUT2D eigenvalue weighted by molar-refractivity contribution is 9.10. The zero-order chi connectivity index (χ0) is 14.9. The van der Waals surface area contributed by atoms with Gasteiger partial charge in [0.1, 0.15) is 11.6 Å². The molecule has 1 fully saturated rings. The minimum Gasteiger partial charge on any atom is -0.380 e. The molecule has 20 heavy (non-hydrogen) atoms. The Balaban J connectivity index is 1.98. The number of rotatable bonds is 2. The van der Waals surface area contributed by atoms with Crippen molar-refractivity contribution in [3.05, 3.63) is 28.2 Å². The zero-order valence-electron chi connectivity index (χ0n) is 10.4. The van der Waals surface area contributed by atoms with E-state index in [0.717, 1.165) is 6.07 Å². The third kappa shape index (κ3) is 3.62. The SMILES string of the molecule is Fc1cc(F)c(NC2CCC(C(F)(F)F)CC2)cc1Br. The standard InChI is InChI=1S/C13H13BrF5N/c14-9-5-12(11(16)6-10(9)15)20-8-3-1-7(2-4-8)13(17,18)19/h5-8,20H,1-4H2. The van der Waals surface area contributed by atoms with Crippen molar-refractivity contribution in [3.63, 3.8) is 0 Å². The number of hydrogen-bond donors (Lipinski definition) is 1. The fourth-order valence-electron chi connectivity index (χ4n) is 2.42. The molecule has 7 heteroatoms. The van der Waals surface area contributed by atoms with Crippen LogP contribution in [0.15, 0.2) is 16.6 Å². The van der Waals surface area contributed by atoms with Crippen molar-refractivity contribution in [1.82, 2.24) is 0 Å².